The molecular weight excluding hydrogens is 656 g/mol. The molecule has 4 nitrogen and oxygen atoms in total. The lowest BCUT2D eigenvalue weighted by molar-refractivity contribution is -0.149. The van der Waals surface area contributed by atoms with Crippen molar-refractivity contribution in [2.75, 3.05) is 0 Å². The second-order valence-corrected chi connectivity index (χ2v) is 13.4. The van der Waals surface area contributed by atoms with Gasteiger partial charge in [0.25, 0.3) is 0 Å². The number of hydrogen-bond acceptors (Lipinski definition) is 4. The zero-order valence-electron chi connectivity index (χ0n) is 16.8. The molecule has 0 N–H and O–H groups in total. The van der Waals surface area contributed by atoms with Crippen LogP contribution in [-0.4, -0.2) is 14.0 Å². The van der Waals surface area contributed by atoms with Crippen LogP contribution in [0.2, 0.25) is 0 Å². The van der Waals surface area contributed by atoms with Gasteiger partial charge in [-0.25, -0.2) is 4.39 Å². The maximum atomic E-state index is 14.3. The molecule has 2 unspecified atom stereocenters. The van der Waals surface area contributed by atoms with Gasteiger partial charge in [-0.05, 0) is 63.7 Å². The van der Waals surface area contributed by atoms with E-state index in [1.807, 2.05) is 19.9 Å². The summed E-state index contributed by atoms with van der Waals surface area (Å²) in [7, 11) is 0. The van der Waals surface area contributed by atoms with Crippen LogP contribution in [0.1, 0.15) is 25.5 Å². The van der Waals surface area contributed by atoms with Gasteiger partial charge in [-0.1, -0.05) is 75.0 Å². The molecule has 4 atom stereocenters. The summed E-state index contributed by atoms with van der Waals surface area (Å²) in [6, 6.07) is 12.7. The van der Waals surface area contributed by atoms with Gasteiger partial charge in [0.2, 0.25) is 6.10 Å². The molecule has 0 spiro atoms. The van der Waals surface area contributed by atoms with Crippen LogP contribution in [0.3, 0.4) is 0 Å². The van der Waals surface area contributed by atoms with Crippen LogP contribution in [0.5, 0.6) is 11.5 Å². The number of carbonyl (C=O) groups excluding carboxylic acids is 1. The number of esters is 1. The molecule has 1 saturated carbocycles. The van der Waals surface area contributed by atoms with Crippen molar-refractivity contribution < 1.29 is 18.7 Å². The Morgan fingerprint density at radius 3 is 2.44 bits per heavy atom. The van der Waals surface area contributed by atoms with Gasteiger partial charge in [-0.15, -0.1) is 0 Å². The highest BCUT2D eigenvalue weighted by molar-refractivity contribution is 9.13. The molecule has 2 aromatic carbocycles. The molecule has 0 aliphatic heterocycles. The number of alkyl halides is 4. The minimum Gasteiger partial charge on any atom is -0.454 e. The van der Waals surface area contributed by atoms with Gasteiger partial charge in [0.05, 0.1) is 10.7 Å². The van der Waals surface area contributed by atoms with Gasteiger partial charge >= 0.3 is 5.97 Å². The van der Waals surface area contributed by atoms with E-state index in [2.05, 4.69) is 47.8 Å². The number of nitrogens with zero attached hydrogens (tertiary/aromatic N) is 1. The lowest BCUT2D eigenvalue weighted by Crippen LogP contribution is -2.24. The molecule has 0 radical (unpaired) electrons. The van der Waals surface area contributed by atoms with Gasteiger partial charge in [0.1, 0.15) is 11.8 Å². The molecule has 10 heteroatoms. The highest BCUT2D eigenvalue weighted by Crippen LogP contribution is 2.65. The number of rotatable bonds is 7. The maximum absolute atomic E-state index is 14.3. The van der Waals surface area contributed by atoms with Crippen LogP contribution in [0, 0.1) is 34.4 Å². The zero-order chi connectivity index (χ0) is 23.8. The Balaban J connectivity index is 1.77. The van der Waals surface area contributed by atoms with Crippen LogP contribution in [0.15, 0.2) is 46.9 Å². The standard InChI is InChI=1S/C22H17Br3Cl2FNO3/c1-21(2)17(19(24)22(25,26)27)18(21)20(30)32-16(10-29)11-3-8-14(28)15(9-11)31-13-6-4-12(23)5-7-13/h3-9,16-19H,1-2H3/t16?,17-,18+,19?/m1/s1. The Labute approximate surface area is 220 Å². The fraction of sp³-hybridized carbons (Fsp3) is 0.364. The van der Waals surface area contributed by atoms with Gasteiger partial charge in [0.15, 0.2) is 14.8 Å². The van der Waals surface area contributed by atoms with Crippen LogP contribution < -0.4 is 4.74 Å². The van der Waals surface area contributed by atoms with Crippen LogP contribution >= 0.6 is 71.0 Å². The van der Waals surface area contributed by atoms with Gasteiger partial charge in [-0.3, -0.25) is 4.79 Å². The highest BCUT2D eigenvalue weighted by Gasteiger charge is 2.67. The van der Waals surface area contributed by atoms with Crippen molar-refractivity contribution in [3.8, 4) is 17.6 Å². The fourth-order valence-electron chi connectivity index (χ4n) is 3.63. The number of carbonyl (C=O) groups is 1. The monoisotopic (exact) mass is 669 g/mol. The molecule has 1 aliphatic carbocycles. The number of halogens is 6. The molecule has 0 heterocycles. The minimum atomic E-state index is -1.27. The number of benzene rings is 2. The van der Waals surface area contributed by atoms with Crippen molar-refractivity contribution in [2.24, 2.45) is 17.3 Å². The summed E-state index contributed by atoms with van der Waals surface area (Å²) in [5.74, 6) is -1.56. The van der Waals surface area contributed by atoms with E-state index in [9.17, 15) is 14.4 Å². The summed E-state index contributed by atoms with van der Waals surface area (Å²) in [6.45, 7) is 3.79. The topological polar surface area (TPSA) is 59.3 Å². The van der Waals surface area contributed by atoms with Crippen molar-refractivity contribution in [3.63, 3.8) is 0 Å². The molecule has 0 amide bonds. The van der Waals surface area contributed by atoms with Crippen molar-refractivity contribution >= 4 is 77.0 Å². The van der Waals surface area contributed by atoms with Crippen LogP contribution in [-0.2, 0) is 9.53 Å². The molecule has 170 valence electrons. The fourth-order valence-corrected chi connectivity index (χ4v) is 5.43. The molecule has 32 heavy (non-hydrogen) atoms. The Hall–Kier alpha value is -0.850. The van der Waals surface area contributed by atoms with E-state index in [1.54, 1.807) is 24.3 Å². The second kappa shape index (κ2) is 9.79. The van der Waals surface area contributed by atoms with E-state index >= 15 is 0 Å². The third kappa shape index (κ3) is 5.61. The quantitative estimate of drug-likeness (QED) is 0.221. The summed E-state index contributed by atoms with van der Waals surface area (Å²) in [5.41, 5.74) is -0.142. The van der Waals surface area contributed by atoms with E-state index in [0.29, 0.717) is 11.3 Å². The highest BCUT2D eigenvalue weighted by atomic mass is 79.9. The third-order valence-corrected chi connectivity index (χ3v) is 9.33. The number of nitriles is 1. The summed E-state index contributed by atoms with van der Waals surface area (Å²) in [4.78, 5) is 12.4. The Morgan fingerprint density at radius 2 is 1.88 bits per heavy atom. The average Bonchev–Trinajstić information content (AvgIpc) is 3.29. The zero-order valence-corrected chi connectivity index (χ0v) is 23.1. The maximum Gasteiger partial charge on any atom is 0.311 e. The predicted octanol–water partition coefficient (Wildman–Crippen LogP) is 8.05. The molecule has 3 rings (SSSR count). The lowest BCUT2D eigenvalue weighted by atomic mass is 10.1. The van der Waals surface area contributed by atoms with E-state index in [-0.39, 0.29) is 11.7 Å². The van der Waals surface area contributed by atoms with E-state index in [4.69, 9.17) is 32.7 Å². The first kappa shape index (κ1) is 25.8. The number of ether oxygens (including phenoxy) is 2. The SMILES string of the molecule is CC1(C)[C@H](C(=O)OC(C#N)c2ccc(F)c(Oc3ccc(Br)cc3)c2)[C@@H]1C(Br)C(Cl)(Cl)Br. The van der Waals surface area contributed by atoms with Crippen molar-refractivity contribution in [1.82, 2.24) is 0 Å². The molecule has 1 fully saturated rings. The van der Waals surface area contributed by atoms with E-state index in [0.717, 1.165) is 4.47 Å². The first-order chi connectivity index (χ1) is 14.9. The summed E-state index contributed by atoms with van der Waals surface area (Å²) in [5, 5.41) is 9.62. The first-order valence-corrected chi connectivity index (χ1v) is 12.7. The number of hydrogen-bond donors (Lipinski definition) is 0. The predicted molar refractivity (Wildman–Crippen MR) is 132 cm³/mol. The van der Waals surface area contributed by atoms with Gasteiger partial charge < -0.3 is 9.47 Å². The Bertz CT molecular complexity index is 1050. The smallest absolute Gasteiger partial charge is 0.311 e. The second-order valence-electron chi connectivity index (χ2n) is 7.96. The van der Waals surface area contributed by atoms with Gasteiger partial charge in [-0.2, -0.15) is 5.26 Å². The first-order valence-electron chi connectivity index (χ1n) is 9.40. The molecule has 0 aromatic heterocycles. The van der Waals surface area contributed by atoms with E-state index in [1.165, 1.54) is 18.2 Å². The van der Waals surface area contributed by atoms with Crippen LogP contribution in [0.25, 0.3) is 0 Å². The van der Waals surface area contributed by atoms with Gasteiger partial charge in [0, 0.05) is 10.0 Å². The van der Waals surface area contributed by atoms with Crippen molar-refractivity contribution in [2.45, 2.75) is 28.0 Å². The van der Waals surface area contributed by atoms with Crippen molar-refractivity contribution in [3.05, 3.63) is 58.3 Å². The molecule has 2 aromatic rings. The summed E-state index contributed by atoms with van der Waals surface area (Å²) < 4.78 is 25.0. The molecule has 1 aliphatic rings. The Morgan fingerprint density at radius 1 is 1.25 bits per heavy atom. The molecular formula is C22H17Br3Cl2FNO3. The average molecular weight is 673 g/mol. The lowest BCUT2D eigenvalue weighted by Gasteiger charge is -2.20. The normalized spacial score (nSPS) is 21.2. The minimum absolute atomic E-state index is 0.0837. The third-order valence-electron chi connectivity index (χ3n) is 5.44. The largest absolute Gasteiger partial charge is 0.454 e. The summed E-state index contributed by atoms with van der Waals surface area (Å²) >= 11 is 22.2. The molecule has 0 bridgehead atoms. The summed E-state index contributed by atoms with van der Waals surface area (Å²) in [6.07, 6.45) is -1.23. The molecule has 0 saturated heterocycles. The van der Waals surface area contributed by atoms with E-state index < -0.39 is 37.3 Å². The van der Waals surface area contributed by atoms with Crippen molar-refractivity contribution in [1.29, 1.82) is 5.26 Å². The van der Waals surface area contributed by atoms with Crippen LogP contribution in [0.4, 0.5) is 4.39 Å². The Kier molecular flexibility index (Phi) is 7.88.